The van der Waals surface area contributed by atoms with Gasteiger partial charge in [-0.1, -0.05) is 6.42 Å². The second kappa shape index (κ2) is 5.67. The maximum Gasteiger partial charge on any atom is 0.167 e. The topological polar surface area (TPSA) is 30.5 Å². The van der Waals surface area contributed by atoms with Crippen molar-refractivity contribution < 1.29 is 13.9 Å². The number of piperidine rings is 1. The normalized spacial score (nSPS) is 22.3. The molecule has 1 fully saturated rings. The molecule has 2 aliphatic rings. The minimum absolute atomic E-state index is 0.225. The standard InChI is InChI=1S/C14H17BrFNO2/c15-11-8-12-14(19-6-5-18-12)10(13(11)16)7-9-3-1-2-4-17-9/h8-9,17H,1-7H2. The minimum atomic E-state index is -0.225. The molecule has 0 radical (unpaired) electrons. The molecular weight excluding hydrogens is 313 g/mol. The summed E-state index contributed by atoms with van der Waals surface area (Å²) in [5.41, 5.74) is 0.628. The average molecular weight is 330 g/mol. The lowest BCUT2D eigenvalue weighted by atomic mass is 9.96. The Bertz CT molecular complexity index is 475. The van der Waals surface area contributed by atoms with Gasteiger partial charge in [-0.3, -0.25) is 0 Å². The van der Waals surface area contributed by atoms with Gasteiger partial charge in [0, 0.05) is 17.7 Å². The molecule has 0 amide bonds. The third kappa shape index (κ3) is 2.72. The first-order valence-corrected chi connectivity index (χ1v) is 7.55. The fourth-order valence-corrected chi connectivity index (χ4v) is 3.17. The van der Waals surface area contributed by atoms with Crippen molar-refractivity contribution in [3.05, 3.63) is 21.9 Å². The lowest BCUT2D eigenvalue weighted by Crippen LogP contribution is -2.36. The van der Waals surface area contributed by atoms with Crippen LogP contribution in [0.15, 0.2) is 10.5 Å². The van der Waals surface area contributed by atoms with Crippen molar-refractivity contribution >= 4 is 15.9 Å². The van der Waals surface area contributed by atoms with E-state index in [-0.39, 0.29) is 5.82 Å². The Morgan fingerprint density at radius 2 is 2.16 bits per heavy atom. The van der Waals surface area contributed by atoms with Gasteiger partial charge in [-0.15, -0.1) is 0 Å². The van der Waals surface area contributed by atoms with Crippen LogP contribution in [0.3, 0.4) is 0 Å². The largest absolute Gasteiger partial charge is 0.486 e. The van der Waals surface area contributed by atoms with Gasteiger partial charge in [-0.25, -0.2) is 4.39 Å². The van der Waals surface area contributed by atoms with Crippen molar-refractivity contribution in [1.29, 1.82) is 0 Å². The van der Waals surface area contributed by atoms with Crippen molar-refractivity contribution in [2.75, 3.05) is 19.8 Å². The molecule has 19 heavy (non-hydrogen) atoms. The summed E-state index contributed by atoms with van der Waals surface area (Å²) in [6.45, 7) is 2.02. The molecule has 1 aromatic rings. The number of ether oxygens (including phenoxy) is 2. The quantitative estimate of drug-likeness (QED) is 0.904. The van der Waals surface area contributed by atoms with E-state index in [0.717, 1.165) is 13.0 Å². The average Bonchev–Trinajstić information content (AvgIpc) is 2.45. The molecule has 0 saturated carbocycles. The van der Waals surface area contributed by atoms with Crippen LogP contribution in [0, 0.1) is 5.82 Å². The molecule has 0 bridgehead atoms. The zero-order valence-electron chi connectivity index (χ0n) is 10.7. The lowest BCUT2D eigenvalue weighted by molar-refractivity contribution is 0.168. The molecule has 3 nitrogen and oxygen atoms in total. The highest BCUT2D eigenvalue weighted by Gasteiger charge is 2.25. The Morgan fingerprint density at radius 3 is 2.95 bits per heavy atom. The highest BCUT2D eigenvalue weighted by atomic mass is 79.9. The molecule has 0 aliphatic carbocycles. The molecule has 1 saturated heterocycles. The molecule has 0 aromatic heterocycles. The van der Waals surface area contributed by atoms with Crippen LogP contribution in [0.4, 0.5) is 4.39 Å². The number of fused-ring (bicyclic) bond motifs is 1. The van der Waals surface area contributed by atoms with Gasteiger partial charge < -0.3 is 14.8 Å². The molecule has 1 unspecified atom stereocenters. The molecular formula is C14H17BrFNO2. The zero-order valence-corrected chi connectivity index (χ0v) is 12.3. The van der Waals surface area contributed by atoms with Crippen molar-refractivity contribution in [1.82, 2.24) is 5.32 Å². The van der Waals surface area contributed by atoms with Crippen LogP contribution in [-0.2, 0) is 6.42 Å². The Kier molecular flexibility index (Phi) is 3.93. The van der Waals surface area contributed by atoms with Gasteiger partial charge in [-0.2, -0.15) is 0 Å². The first-order valence-electron chi connectivity index (χ1n) is 6.75. The third-order valence-corrected chi connectivity index (χ3v) is 4.26. The van der Waals surface area contributed by atoms with Crippen LogP contribution in [-0.4, -0.2) is 25.8 Å². The Hall–Kier alpha value is -0.810. The summed E-state index contributed by atoms with van der Waals surface area (Å²) in [6.07, 6.45) is 4.14. The van der Waals surface area contributed by atoms with Gasteiger partial charge in [0.2, 0.25) is 0 Å². The molecule has 1 N–H and O–H groups in total. The number of benzene rings is 1. The minimum Gasteiger partial charge on any atom is -0.486 e. The maximum absolute atomic E-state index is 14.3. The summed E-state index contributed by atoms with van der Waals surface area (Å²) >= 11 is 3.26. The number of hydrogen-bond acceptors (Lipinski definition) is 3. The maximum atomic E-state index is 14.3. The molecule has 1 aromatic carbocycles. The Labute approximate surface area is 120 Å². The highest BCUT2D eigenvalue weighted by molar-refractivity contribution is 9.10. The van der Waals surface area contributed by atoms with E-state index in [1.54, 1.807) is 6.07 Å². The molecule has 3 rings (SSSR count). The Balaban J connectivity index is 1.91. The molecule has 2 heterocycles. The van der Waals surface area contributed by atoms with Crippen molar-refractivity contribution in [3.8, 4) is 11.5 Å². The highest BCUT2D eigenvalue weighted by Crippen LogP contribution is 2.40. The third-order valence-electron chi connectivity index (χ3n) is 3.68. The van der Waals surface area contributed by atoms with Gasteiger partial charge >= 0.3 is 0 Å². The smallest absolute Gasteiger partial charge is 0.167 e. The van der Waals surface area contributed by atoms with Gasteiger partial charge in [0.25, 0.3) is 0 Å². The van der Waals surface area contributed by atoms with Crippen LogP contribution in [0.1, 0.15) is 24.8 Å². The number of halogens is 2. The fourth-order valence-electron chi connectivity index (χ4n) is 2.72. The van der Waals surface area contributed by atoms with Crippen molar-refractivity contribution in [3.63, 3.8) is 0 Å². The van der Waals surface area contributed by atoms with E-state index in [2.05, 4.69) is 21.2 Å². The van der Waals surface area contributed by atoms with Gasteiger partial charge in [-0.05, 0) is 41.7 Å². The summed E-state index contributed by atoms with van der Waals surface area (Å²) in [4.78, 5) is 0. The number of rotatable bonds is 2. The van der Waals surface area contributed by atoms with Crippen LogP contribution >= 0.6 is 15.9 Å². The van der Waals surface area contributed by atoms with E-state index in [1.165, 1.54) is 12.8 Å². The summed E-state index contributed by atoms with van der Waals surface area (Å²) in [6, 6.07) is 1.98. The molecule has 1 atom stereocenters. The molecule has 0 spiro atoms. The molecule has 5 heteroatoms. The molecule has 2 aliphatic heterocycles. The van der Waals surface area contributed by atoms with E-state index >= 15 is 0 Å². The Morgan fingerprint density at radius 1 is 1.32 bits per heavy atom. The van der Waals surface area contributed by atoms with Crippen LogP contribution in [0.25, 0.3) is 0 Å². The van der Waals surface area contributed by atoms with E-state index in [0.29, 0.717) is 47.2 Å². The van der Waals surface area contributed by atoms with Crippen LogP contribution in [0.5, 0.6) is 11.5 Å². The second-order valence-electron chi connectivity index (χ2n) is 5.03. The zero-order chi connectivity index (χ0) is 13.2. The summed E-state index contributed by atoms with van der Waals surface area (Å²) in [7, 11) is 0. The van der Waals surface area contributed by atoms with Crippen LogP contribution < -0.4 is 14.8 Å². The van der Waals surface area contributed by atoms with Gasteiger partial charge in [0.05, 0.1) is 4.47 Å². The van der Waals surface area contributed by atoms with Crippen molar-refractivity contribution in [2.24, 2.45) is 0 Å². The van der Waals surface area contributed by atoms with E-state index in [9.17, 15) is 4.39 Å². The summed E-state index contributed by atoms with van der Waals surface area (Å²) < 4.78 is 25.9. The first-order chi connectivity index (χ1) is 9.25. The first kappa shape index (κ1) is 13.2. The number of nitrogens with one attached hydrogen (secondary N) is 1. The predicted molar refractivity (Wildman–Crippen MR) is 74.4 cm³/mol. The molecule has 104 valence electrons. The van der Waals surface area contributed by atoms with Gasteiger partial charge in [0.15, 0.2) is 11.5 Å². The monoisotopic (exact) mass is 329 g/mol. The summed E-state index contributed by atoms with van der Waals surface area (Å²) in [5, 5.41) is 3.44. The SMILES string of the molecule is Fc1c(Br)cc2c(c1CC1CCCCN1)OCCO2. The van der Waals surface area contributed by atoms with Crippen LogP contribution in [0.2, 0.25) is 0 Å². The predicted octanol–water partition coefficient (Wildman–Crippen LogP) is 3.04. The number of hydrogen-bond donors (Lipinski definition) is 1. The van der Waals surface area contributed by atoms with E-state index in [1.807, 2.05) is 0 Å². The second-order valence-corrected chi connectivity index (χ2v) is 5.88. The van der Waals surface area contributed by atoms with Crippen molar-refractivity contribution in [2.45, 2.75) is 31.7 Å². The summed E-state index contributed by atoms with van der Waals surface area (Å²) in [5.74, 6) is 1.00. The van der Waals surface area contributed by atoms with E-state index in [4.69, 9.17) is 9.47 Å². The van der Waals surface area contributed by atoms with Gasteiger partial charge in [0.1, 0.15) is 19.0 Å². The fraction of sp³-hybridized carbons (Fsp3) is 0.571. The lowest BCUT2D eigenvalue weighted by Gasteiger charge is -2.27. The van der Waals surface area contributed by atoms with E-state index < -0.39 is 0 Å².